The van der Waals surface area contributed by atoms with Crippen LogP contribution in [0.4, 0.5) is 4.39 Å². The number of hydrogen-bond donors (Lipinski definition) is 0. The number of benzene rings is 1. The summed E-state index contributed by atoms with van der Waals surface area (Å²) in [5.74, 6) is 1.22. The number of ether oxygens (including phenoxy) is 1. The van der Waals surface area contributed by atoms with Gasteiger partial charge in [0, 0.05) is 20.2 Å². The van der Waals surface area contributed by atoms with Crippen LogP contribution in [0.25, 0.3) is 0 Å². The van der Waals surface area contributed by atoms with Gasteiger partial charge in [-0.05, 0) is 61.4 Å². The van der Waals surface area contributed by atoms with Crippen molar-refractivity contribution in [3.05, 3.63) is 59.3 Å². The van der Waals surface area contributed by atoms with E-state index in [1.165, 1.54) is 6.07 Å². The maximum Gasteiger partial charge on any atom is 0.289 e. The first-order valence-electron chi connectivity index (χ1n) is 8.77. The molecule has 2 aromatic rings. The minimum atomic E-state index is -0.192. The van der Waals surface area contributed by atoms with Gasteiger partial charge in [0.25, 0.3) is 5.91 Å². The van der Waals surface area contributed by atoms with Crippen molar-refractivity contribution in [2.75, 3.05) is 20.2 Å². The molecule has 1 fully saturated rings. The Morgan fingerprint density at radius 3 is 3.04 bits per heavy atom. The van der Waals surface area contributed by atoms with Crippen molar-refractivity contribution in [2.24, 2.45) is 5.92 Å². The highest BCUT2D eigenvalue weighted by Crippen LogP contribution is 2.23. The lowest BCUT2D eigenvalue weighted by Gasteiger charge is -2.32. The van der Waals surface area contributed by atoms with Gasteiger partial charge in [0.05, 0.1) is 0 Å². The molecule has 0 saturated carbocycles. The number of carbonyl (C=O) groups is 1. The van der Waals surface area contributed by atoms with Crippen LogP contribution in [-0.2, 0) is 17.8 Å². The number of rotatable bonds is 6. The van der Waals surface area contributed by atoms with Crippen molar-refractivity contribution in [3.63, 3.8) is 0 Å². The van der Waals surface area contributed by atoms with Gasteiger partial charge in [0.1, 0.15) is 18.2 Å². The minimum Gasteiger partial charge on any atom is -0.453 e. The van der Waals surface area contributed by atoms with Crippen molar-refractivity contribution < 1.29 is 18.3 Å². The lowest BCUT2D eigenvalue weighted by molar-refractivity contribution is 0.0629. The minimum absolute atomic E-state index is 0.0576. The fraction of sp³-hybridized carbons (Fsp3) is 0.450. The molecule has 1 atom stereocenters. The maximum absolute atomic E-state index is 13.3. The number of methoxy groups -OCH3 is 1. The van der Waals surface area contributed by atoms with E-state index in [4.69, 9.17) is 9.15 Å². The van der Waals surface area contributed by atoms with Gasteiger partial charge in [-0.3, -0.25) is 4.79 Å². The van der Waals surface area contributed by atoms with E-state index in [-0.39, 0.29) is 11.7 Å². The molecule has 5 heteroatoms. The number of likely N-dealkylation sites (tertiary alicyclic amines) is 1. The van der Waals surface area contributed by atoms with E-state index in [1.54, 1.807) is 31.4 Å². The third-order valence-electron chi connectivity index (χ3n) is 4.70. The second-order valence-electron chi connectivity index (χ2n) is 6.63. The number of carbonyl (C=O) groups excluding carboxylic acids is 1. The normalized spacial score (nSPS) is 17.7. The van der Waals surface area contributed by atoms with Gasteiger partial charge in [-0.25, -0.2) is 4.39 Å². The molecule has 0 N–H and O–H groups in total. The van der Waals surface area contributed by atoms with Crippen LogP contribution < -0.4 is 0 Å². The average Bonchev–Trinajstić information content (AvgIpc) is 3.09. The zero-order valence-corrected chi connectivity index (χ0v) is 14.5. The van der Waals surface area contributed by atoms with Crippen molar-refractivity contribution in [1.29, 1.82) is 0 Å². The predicted molar refractivity (Wildman–Crippen MR) is 92.8 cm³/mol. The Morgan fingerprint density at radius 1 is 1.36 bits per heavy atom. The van der Waals surface area contributed by atoms with E-state index in [0.717, 1.165) is 44.3 Å². The zero-order chi connectivity index (χ0) is 17.6. The molecule has 1 amide bonds. The van der Waals surface area contributed by atoms with Crippen LogP contribution in [0, 0.1) is 11.7 Å². The van der Waals surface area contributed by atoms with Crippen molar-refractivity contribution in [3.8, 4) is 0 Å². The number of hydrogen-bond acceptors (Lipinski definition) is 3. The largest absolute Gasteiger partial charge is 0.453 e. The van der Waals surface area contributed by atoms with Gasteiger partial charge in [0.2, 0.25) is 0 Å². The predicted octanol–water partition coefficient (Wildman–Crippen LogP) is 4.05. The van der Waals surface area contributed by atoms with E-state index >= 15 is 0 Å². The summed E-state index contributed by atoms with van der Waals surface area (Å²) < 4.78 is 23.9. The molecule has 0 aliphatic carbocycles. The summed E-state index contributed by atoms with van der Waals surface area (Å²) in [5, 5.41) is 0. The first kappa shape index (κ1) is 17.7. The molecule has 0 unspecified atom stereocenters. The zero-order valence-electron chi connectivity index (χ0n) is 14.5. The highest BCUT2D eigenvalue weighted by Gasteiger charge is 2.26. The summed E-state index contributed by atoms with van der Waals surface area (Å²) in [6.07, 6.45) is 3.89. The Bertz CT molecular complexity index is 712. The average molecular weight is 345 g/mol. The van der Waals surface area contributed by atoms with E-state index in [0.29, 0.717) is 24.0 Å². The van der Waals surface area contributed by atoms with Gasteiger partial charge in [-0.1, -0.05) is 12.1 Å². The smallest absolute Gasteiger partial charge is 0.289 e. The molecule has 134 valence electrons. The number of aryl methyl sites for hydroxylation is 1. The quantitative estimate of drug-likeness (QED) is 0.793. The van der Waals surface area contributed by atoms with E-state index in [1.807, 2.05) is 11.0 Å². The fourth-order valence-corrected chi connectivity index (χ4v) is 3.42. The molecule has 1 aliphatic rings. The van der Waals surface area contributed by atoms with Crippen LogP contribution in [0.5, 0.6) is 0 Å². The Kier molecular flexibility index (Phi) is 5.87. The van der Waals surface area contributed by atoms with Crippen molar-refractivity contribution >= 4 is 5.91 Å². The summed E-state index contributed by atoms with van der Waals surface area (Å²) in [7, 11) is 1.60. The number of amides is 1. The highest BCUT2D eigenvalue weighted by atomic mass is 19.1. The summed E-state index contributed by atoms with van der Waals surface area (Å²) in [5.41, 5.74) is 1.01. The maximum atomic E-state index is 13.3. The van der Waals surface area contributed by atoms with Gasteiger partial charge < -0.3 is 14.1 Å². The molecule has 1 aliphatic heterocycles. The Balaban J connectivity index is 1.55. The van der Waals surface area contributed by atoms with Crippen LogP contribution in [0.15, 0.2) is 40.8 Å². The number of halogens is 1. The van der Waals surface area contributed by atoms with Crippen LogP contribution in [-0.4, -0.2) is 31.0 Å². The van der Waals surface area contributed by atoms with Crippen molar-refractivity contribution in [2.45, 2.75) is 32.3 Å². The van der Waals surface area contributed by atoms with Gasteiger partial charge >= 0.3 is 0 Å². The molecule has 4 nitrogen and oxygen atoms in total. The number of furan rings is 1. The molecule has 0 bridgehead atoms. The van der Waals surface area contributed by atoms with Gasteiger partial charge in [-0.15, -0.1) is 0 Å². The van der Waals surface area contributed by atoms with E-state index in [9.17, 15) is 9.18 Å². The molecular weight excluding hydrogens is 321 g/mol. The lowest BCUT2D eigenvalue weighted by Crippen LogP contribution is -2.39. The fourth-order valence-electron chi connectivity index (χ4n) is 3.42. The highest BCUT2D eigenvalue weighted by molar-refractivity contribution is 5.91. The third kappa shape index (κ3) is 4.69. The first-order chi connectivity index (χ1) is 12.2. The van der Waals surface area contributed by atoms with Crippen LogP contribution in [0.1, 0.15) is 41.1 Å². The second kappa shape index (κ2) is 8.30. The number of piperidine rings is 1. The molecule has 3 rings (SSSR count). The lowest BCUT2D eigenvalue weighted by atomic mass is 9.91. The third-order valence-corrected chi connectivity index (χ3v) is 4.70. The molecule has 1 saturated heterocycles. The Hall–Kier alpha value is -2.14. The first-order valence-corrected chi connectivity index (χ1v) is 8.77. The summed E-state index contributed by atoms with van der Waals surface area (Å²) >= 11 is 0. The molecule has 2 heterocycles. The summed E-state index contributed by atoms with van der Waals surface area (Å²) in [6.45, 7) is 1.85. The van der Waals surface area contributed by atoms with Gasteiger partial charge in [0.15, 0.2) is 5.76 Å². The van der Waals surface area contributed by atoms with Crippen molar-refractivity contribution in [1.82, 2.24) is 4.90 Å². The monoisotopic (exact) mass is 345 g/mol. The molecule has 0 radical (unpaired) electrons. The molecule has 1 aromatic heterocycles. The summed E-state index contributed by atoms with van der Waals surface area (Å²) in [6, 6.07) is 10.2. The summed E-state index contributed by atoms with van der Waals surface area (Å²) in [4.78, 5) is 14.5. The molecule has 1 aromatic carbocycles. The topological polar surface area (TPSA) is 42.7 Å². The molecular formula is C20H24FNO3. The van der Waals surface area contributed by atoms with Crippen LogP contribution in [0.2, 0.25) is 0 Å². The number of nitrogens with zero attached hydrogens (tertiary/aromatic N) is 1. The Morgan fingerprint density at radius 2 is 2.24 bits per heavy atom. The second-order valence-corrected chi connectivity index (χ2v) is 6.63. The molecule has 25 heavy (non-hydrogen) atoms. The SMILES string of the molecule is COCc1ccc(C(=O)N2CCC[C@H](CCc3cccc(F)c3)C2)o1. The molecule has 0 spiro atoms. The van der Waals surface area contributed by atoms with Crippen LogP contribution in [0.3, 0.4) is 0 Å². The van der Waals surface area contributed by atoms with E-state index in [2.05, 4.69) is 0 Å². The van der Waals surface area contributed by atoms with Gasteiger partial charge in [-0.2, -0.15) is 0 Å². The Labute approximate surface area is 147 Å². The van der Waals surface area contributed by atoms with Crippen LogP contribution >= 0.6 is 0 Å². The van der Waals surface area contributed by atoms with E-state index < -0.39 is 0 Å². The standard InChI is InChI=1S/C20H24FNO3/c1-24-14-18-9-10-19(25-18)20(23)22-11-3-5-16(13-22)8-7-15-4-2-6-17(21)12-15/h2,4,6,9-10,12,16H,3,5,7-8,11,13-14H2,1H3/t16-/m1/s1.